The molecule has 82 valence electrons. The number of hydrogen-bond donors (Lipinski definition) is 0. The Bertz CT molecular complexity index is 468. The van der Waals surface area contributed by atoms with Crippen LogP contribution in [0.25, 0.3) is 0 Å². The molecular formula is C13H13BrNO+. The first-order chi connectivity index (χ1) is 7.75. The fourth-order valence-corrected chi connectivity index (χ4v) is 1.66. The van der Waals surface area contributed by atoms with Gasteiger partial charge in [-0.1, -0.05) is 28.1 Å². The second kappa shape index (κ2) is 5.12. The first-order valence-electron chi connectivity index (χ1n) is 5.07. The molecule has 2 aromatic rings. The number of ether oxygens (including phenoxy) is 1. The van der Waals surface area contributed by atoms with Crippen molar-refractivity contribution in [3.63, 3.8) is 0 Å². The van der Waals surface area contributed by atoms with E-state index in [-0.39, 0.29) is 0 Å². The first-order valence-corrected chi connectivity index (χ1v) is 5.87. The minimum atomic E-state index is 0.588. The van der Waals surface area contributed by atoms with E-state index in [2.05, 4.69) is 15.9 Å². The van der Waals surface area contributed by atoms with E-state index >= 15 is 0 Å². The second-order valence-corrected chi connectivity index (χ2v) is 4.48. The summed E-state index contributed by atoms with van der Waals surface area (Å²) >= 11 is 3.41. The lowest BCUT2D eigenvalue weighted by Gasteiger charge is -2.03. The molecule has 0 amide bonds. The molecule has 1 aromatic heterocycles. The highest BCUT2D eigenvalue weighted by Crippen LogP contribution is 2.12. The zero-order valence-corrected chi connectivity index (χ0v) is 10.6. The summed E-state index contributed by atoms with van der Waals surface area (Å²) in [6, 6.07) is 14.0. The van der Waals surface area contributed by atoms with Crippen LogP contribution >= 0.6 is 15.9 Å². The van der Waals surface area contributed by atoms with Crippen LogP contribution < -0.4 is 9.30 Å². The van der Waals surface area contributed by atoms with Gasteiger partial charge in [0.1, 0.15) is 13.7 Å². The van der Waals surface area contributed by atoms with Crippen molar-refractivity contribution in [2.75, 3.05) is 0 Å². The van der Waals surface area contributed by atoms with Crippen molar-refractivity contribution in [3.05, 3.63) is 58.7 Å². The molecule has 2 rings (SSSR count). The molecule has 0 saturated carbocycles. The van der Waals surface area contributed by atoms with E-state index in [1.807, 2.05) is 60.3 Å². The quantitative estimate of drug-likeness (QED) is 0.787. The van der Waals surface area contributed by atoms with E-state index < -0.39 is 0 Å². The van der Waals surface area contributed by atoms with Gasteiger partial charge in [0.15, 0.2) is 6.20 Å². The fraction of sp³-hybridized carbons (Fsp3) is 0.154. The number of hydrogen-bond acceptors (Lipinski definition) is 1. The molecule has 0 aliphatic rings. The second-order valence-electron chi connectivity index (χ2n) is 3.56. The van der Waals surface area contributed by atoms with E-state index in [9.17, 15) is 0 Å². The minimum absolute atomic E-state index is 0.588. The zero-order chi connectivity index (χ0) is 11.4. The van der Waals surface area contributed by atoms with Gasteiger partial charge in [-0.25, -0.2) is 0 Å². The summed E-state index contributed by atoms with van der Waals surface area (Å²) in [7, 11) is 1.97. The van der Waals surface area contributed by atoms with Crippen molar-refractivity contribution in [3.8, 4) is 5.88 Å². The third-order valence-corrected chi connectivity index (χ3v) is 2.84. The third-order valence-electron chi connectivity index (χ3n) is 2.31. The lowest BCUT2D eigenvalue weighted by Crippen LogP contribution is -2.29. The Morgan fingerprint density at radius 1 is 1.12 bits per heavy atom. The third kappa shape index (κ3) is 2.83. The highest BCUT2D eigenvalue weighted by atomic mass is 79.9. The van der Waals surface area contributed by atoms with E-state index in [0.717, 1.165) is 15.9 Å². The standard InChI is InChI=1S/C13H13BrNO/c1-15-9-3-2-4-13(15)16-10-11-5-7-12(14)8-6-11/h2-9H,10H2,1H3/q+1. The van der Waals surface area contributed by atoms with Gasteiger partial charge < -0.3 is 4.74 Å². The number of pyridine rings is 1. The van der Waals surface area contributed by atoms with Crippen LogP contribution in [0.1, 0.15) is 5.56 Å². The lowest BCUT2D eigenvalue weighted by molar-refractivity contribution is -0.677. The Morgan fingerprint density at radius 3 is 2.56 bits per heavy atom. The summed E-state index contributed by atoms with van der Waals surface area (Å²) in [5.41, 5.74) is 1.16. The number of benzene rings is 1. The van der Waals surface area contributed by atoms with Gasteiger partial charge in [0, 0.05) is 10.5 Å². The molecule has 3 heteroatoms. The molecule has 16 heavy (non-hydrogen) atoms. The van der Waals surface area contributed by atoms with Crippen LogP contribution in [0, 0.1) is 0 Å². The van der Waals surface area contributed by atoms with Gasteiger partial charge in [0.05, 0.1) is 6.07 Å². The Hall–Kier alpha value is -1.35. The van der Waals surface area contributed by atoms with Gasteiger partial charge >= 0.3 is 5.88 Å². The Labute approximate surface area is 104 Å². The molecule has 1 aromatic carbocycles. The highest BCUT2D eigenvalue weighted by Gasteiger charge is 2.05. The SMILES string of the molecule is C[n+]1ccccc1OCc1ccc(Br)cc1. The average Bonchev–Trinajstić information content (AvgIpc) is 2.30. The molecule has 0 aliphatic carbocycles. The molecule has 0 atom stereocenters. The molecule has 0 N–H and O–H groups in total. The summed E-state index contributed by atoms with van der Waals surface area (Å²) < 4.78 is 8.75. The maximum absolute atomic E-state index is 5.71. The van der Waals surface area contributed by atoms with Gasteiger partial charge in [-0.3, -0.25) is 0 Å². The number of halogens is 1. The normalized spacial score (nSPS) is 10.1. The molecule has 2 nitrogen and oxygen atoms in total. The predicted molar refractivity (Wildman–Crippen MR) is 66.1 cm³/mol. The van der Waals surface area contributed by atoms with Crippen molar-refractivity contribution < 1.29 is 9.30 Å². The van der Waals surface area contributed by atoms with E-state index in [1.54, 1.807) is 0 Å². The van der Waals surface area contributed by atoms with Crippen LogP contribution in [0.4, 0.5) is 0 Å². The smallest absolute Gasteiger partial charge is 0.367 e. The number of aryl methyl sites for hydroxylation is 1. The molecule has 1 heterocycles. The van der Waals surface area contributed by atoms with Gasteiger partial charge in [-0.05, 0) is 23.8 Å². The molecule has 0 spiro atoms. The highest BCUT2D eigenvalue weighted by molar-refractivity contribution is 9.10. The van der Waals surface area contributed by atoms with Crippen LogP contribution in [-0.4, -0.2) is 0 Å². The number of aromatic nitrogens is 1. The molecule has 0 bridgehead atoms. The molecule has 0 radical (unpaired) electrons. The van der Waals surface area contributed by atoms with Crippen LogP contribution in [0.15, 0.2) is 53.1 Å². The monoisotopic (exact) mass is 278 g/mol. The Balaban J connectivity index is 2.02. The molecule has 0 aliphatic heterocycles. The summed E-state index contributed by atoms with van der Waals surface area (Å²) in [4.78, 5) is 0. The first kappa shape index (κ1) is 11.1. The Kier molecular flexibility index (Phi) is 3.57. The van der Waals surface area contributed by atoms with Crippen LogP contribution in [-0.2, 0) is 13.7 Å². The van der Waals surface area contributed by atoms with Crippen LogP contribution in [0.2, 0.25) is 0 Å². The Morgan fingerprint density at radius 2 is 1.88 bits per heavy atom. The van der Waals surface area contributed by atoms with E-state index in [4.69, 9.17) is 4.74 Å². The van der Waals surface area contributed by atoms with Gasteiger partial charge in [0.25, 0.3) is 0 Å². The summed E-state index contributed by atoms with van der Waals surface area (Å²) in [5.74, 6) is 0.866. The predicted octanol–water partition coefficient (Wildman–Crippen LogP) is 2.85. The summed E-state index contributed by atoms with van der Waals surface area (Å²) in [5, 5.41) is 0. The van der Waals surface area contributed by atoms with E-state index in [0.29, 0.717) is 6.61 Å². The maximum Gasteiger partial charge on any atom is 0.367 e. The minimum Gasteiger partial charge on any atom is -0.440 e. The van der Waals surface area contributed by atoms with Gasteiger partial charge in [-0.15, -0.1) is 0 Å². The van der Waals surface area contributed by atoms with E-state index in [1.165, 1.54) is 0 Å². The van der Waals surface area contributed by atoms with Gasteiger partial charge in [-0.2, -0.15) is 4.57 Å². The lowest BCUT2D eigenvalue weighted by atomic mass is 10.2. The van der Waals surface area contributed by atoms with Crippen molar-refractivity contribution in [1.82, 2.24) is 0 Å². The van der Waals surface area contributed by atoms with Crippen molar-refractivity contribution in [2.24, 2.45) is 7.05 Å². The number of nitrogens with zero attached hydrogens (tertiary/aromatic N) is 1. The van der Waals surface area contributed by atoms with Crippen molar-refractivity contribution >= 4 is 15.9 Å². The fourth-order valence-electron chi connectivity index (χ4n) is 1.40. The molecule has 0 saturated heterocycles. The summed E-state index contributed by atoms with van der Waals surface area (Å²) in [6.07, 6.45) is 1.97. The van der Waals surface area contributed by atoms with Crippen molar-refractivity contribution in [1.29, 1.82) is 0 Å². The molecular weight excluding hydrogens is 266 g/mol. The van der Waals surface area contributed by atoms with Crippen LogP contribution in [0.5, 0.6) is 5.88 Å². The van der Waals surface area contributed by atoms with Crippen molar-refractivity contribution in [2.45, 2.75) is 6.61 Å². The largest absolute Gasteiger partial charge is 0.440 e. The number of rotatable bonds is 3. The molecule has 0 unspecified atom stereocenters. The molecule has 0 fully saturated rings. The maximum atomic E-state index is 5.71. The topological polar surface area (TPSA) is 13.1 Å². The zero-order valence-electron chi connectivity index (χ0n) is 9.06. The van der Waals surface area contributed by atoms with Gasteiger partial charge in [0.2, 0.25) is 0 Å². The average molecular weight is 279 g/mol. The summed E-state index contributed by atoms with van der Waals surface area (Å²) in [6.45, 7) is 0.588. The van der Waals surface area contributed by atoms with Crippen LogP contribution in [0.3, 0.4) is 0 Å².